The molecule has 0 aliphatic carbocycles. The molecule has 32 heavy (non-hydrogen) atoms. The minimum Gasteiger partial charge on any atom is -0.463 e. The van der Waals surface area contributed by atoms with E-state index in [1.165, 1.54) is 51.4 Å². The van der Waals surface area contributed by atoms with Gasteiger partial charge in [0, 0.05) is 13.0 Å². The van der Waals surface area contributed by atoms with Gasteiger partial charge >= 0.3 is 12.1 Å². The highest BCUT2D eigenvalue weighted by atomic mass is 16.7. The molecule has 0 saturated carbocycles. The third-order valence-electron chi connectivity index (χ3n) is 5.62. The van der Waals surface area contributed by atoms with E-state index in [1.807, 2.05) is 20.9 Å². The van der Waals surface area contributed by atoms with Gasteiger partial charge in [0.2, 0.25) is 0 Å². The Kier molecular flexibility index (Phi) is 20.7. The quantitative estimate of drug-likeness (QED) is 0.138. The maximum absolute atomic E-state index is 12.1. The lowest BCUT2D eigenvalue weighted by Crippen LogP contribution is -2.23. The lowest BCUT2D eigenvalue weighted by Gasteiger charge is -2.18. The molecule has 0 spiro atoms. The average molecular weight is 458 g/mol. The standard InChI is InChI=1S/C26H51NO5/c1-6-8-9-10-11-12-13-14-15-16-18-24(19-20-25(28)31-23(3)4)32-26(29)30-22-17-21-27(5)7-2/h23-24H,6-22H2,1-5H3. The first-order valence-electron chi connectivity index (χ1n) is 13.1. The molecule has 0 aromatic rings. The molecule has 0 aromatic heterocycles. The average Bonchev–Trinajstić information content (AvgIpc) is 2.75. The van der Waals surface area contributed by atoms with Gasteiger partial charge in [0.1, 0.15) is 6.10 Å². The molecule has 1 atom stereocenters. The predicted molar refractivity (Wildman–Crippen MR) is 131 cm³/mol. The van der Waals surface area contributed by atoms with E-state index >= 15 is 0 Å². The summed E-state index contributed by atoms with van der Waals surface area (Å²) in [4.78, 5) is 26.2. The number of hydrogen-bond donors (Lipinski definition) is 0. The van der Waals surface area contributed by atoms with Crippen LogP contribution in [0.25, 0.3) is 0 Å². The maximum Gasteiger partial charge on any atom is 0.508 e. The van der Waals surface area contributed by atoms with Gasteiger partial charge in [0.05, 0.1) is 12.7 Å². The summed E-state index contributed by atoms with van der Waals surface area (Å²) in [5.74, 6) is -0.243. The van der Waals surface area contributed by atoms with E-state index in [2.05, 4.69) is 18.7 Å². The second-order valence-electron chi connectivity index (χ2n) is 9.14. The van der Waals surface area contributed by atoms with Crippen LogP contribution in [0.2, 0.25) is 0 Å². The van der Waals surface area contributed by atoms with Crippen LogP contribution in [-0.4, -0.2) is 56.0 Å². The third kappa shape index (κ3) is 20.6. The number of ether oxygens (including phenoxy) is 3. The largest absolute Gasteiger partial charge is 0.508 e. The topological polar surface area (TPSA) is 65.1 Å². The van der Waals surface area contributed by atoms with Crippen molar-refractivity contribution in [2.24, 2.45) is 0 Å². The molecular formula is C26H51NO5. The number of rotatable bonds is 21. The highest BCUT2D eigenvalue weighted by molar-refractivity contribution is 5.69. The van der Waals surface area contributed by atoms with E-state index in [0.717, 1.165) is 38.8 Å². The molecule has 0 amide bonds. The van der Waals surface area contributed by atoms with Crippen molar-refractivity contribution in [3.63, 3.8) is 0 Å². The summed E-state index contributed by atoms with van der Waals surface area (Å²) in [6, 6.07) is 0. The van der Waals surface area contributed by atoms with E-state index in [9.17, 15) is 9.59 Å². The highest BCUT2D eigenvalue weighted by Crippen LogP contribution is 2.16. The molecule has 0 bridgehead atoms. The molecule has 0 saturated heterocycles. The van der Waals surface area contributed by atoms with Crippen molar-refractivity contribution in [2.75, 3.05) is 26.7 Å². The second-order valence-corrected chi connectivity index (χ2v) is 9.14. The first kappa shape index (κ1) is 30.7. The minimum atomic E-state index is -0.626. The normalized spacial score (nSPS) is 12.2. The number of nitrogens with zero attached hydrogens (tertiary/aromatic N) is 1. The van der Waals surface area contributed by atoms with Gasteiger partial charge in [-0.25, -0.2) is 4.79 Å². The zero-order chi connectivity index (χ0) is 24.0. The van der Waals surface area contributed by atoms with Crippen LogP contribution < -0.4 is 0 Å². The van der Waals surface area contributed by atoms with Crippen molar-refractivity contribution in [1.29, 1.82) is 0 Å². The molecule has 6 heteroatoms. The first-order valence-corrected chi connectivity index (χ1v) is 13.1. The first-order chi connectivity index (χ1) is 15.4. The van der Waals surface area contributed by atoms with E-state index in [0.29, 0.717) is 13.0 Å². The molecule has 0 rings (SSSR count). The van der Waals surface area contributed by atoms with Crippen LogP contribution in [0.1, 0.15) is 118 Å². The summed E-state index contributed by atoms with van der Waals surface area (Å²) < 4.78 is 16.0. The SMILES string of the molecule is CCCCCCCCCCCCC(CCC(=O)OC(C)C)OC(=O)OCCCN(C)CC. The van der Waals surface area contributed by atoms with Crippen molar-refractivity contribution in [1.82, 2.24) is 4.90 Å². The van der Waals surface area contributed by atoms with Gasteiger partial charge < -0.3 is 19.1 Å². The van der Waals surface area contributed by atoms with Gasteiger partial charge in [-0.3, -0.25) is 4.79 Å². The van der Waals surface area contributed by atoms with Crippen molar-refractivity contribution in [3.05, 3.63) is 0 Å². The molecule has 0 aliphatic rings. The van der Waals surface area contributed by atoms with Crippen LogP contribution in [-0.2, 0) is 19.0 Å². The number of esters is 1. The van der Waals surface area contributed by atoms with Gasteiger partial charge in [0.15, 0.2) is 0 Å². The van der Waals surface area contributed by atoms with Crippen LogP contribution in [0.5, 0.6) is 0 Å². The Balaban J connectivity index is 4.17. The molecule has 0 fully saturated rings. The summed E-state index contributed by atoms with van der Waals surface area (Å²) in [5.41, 5.74) is 0. The van der Waals surface area contributed by atoms with Crippen LogP contribution >= 0.6 is 0 Å². The Labute approximate surface area is 197 Å². The van der Waals surface area contributed by atoms with Gasteiger partial charge in [-0.05, 0) is 53.1 Å². The molecule has 190 valence electrons. The van der Waals surface area contributed by atoms with Crippen LogP contribution in [0.4, 0.5) is 4.79 Å². The van der Waals surface area contributed by atoms with Crippen LogP contribution in [0.3, 0.4) is 0 Å². The molecular weight excluding hydrogens is 406 g/mol. The van der Waals surface area contributed by atoms with E-state index in [1.54, 1.807) is 0 Å². The molecule has 0 radical (unpaired) electrons. The zero-order valence-corrected chi connectivity index (χ0v) is 21.7. The molecule has 6 nitrogen and oxygen atoms in total. The fourth-order valence-corrected chi connectivity index (χ4v) is 3.54. The van der Waals surface area contributed by atoms with Crippen molar-refractivity contribution < 1.29 is 23.8 Å². The molecule has 0 aliphatic heterocycles. The van der Waals surface area contributed by atoms with Crippen molar-refractivity contribution in [3.8, 4) is 0 Å². The summed E-state index contributed by atoms with van der Waals surface area (Å²) >= 11 is 0. The molecule has 0 heterocycles. The van der Waals surface area contributed by atoms with Crippen LogP contribution in [0.15, 0.2) is 0 Å². The molecule has 0 N–H and O–H groups in total. The Morgan fingerprint density at radius 2 is 1.38 bits per heavy atom. The van der Waals surface area contributed by atoms with E-state index < -0.39 is 6.16 Å². The van der Waals surface area contributed by atoms with Gasteiger partial charge in [-0.2, -0.15) is 0 Å². The third-order valence-corrected chi connectivity index (χ3v) is 5.62. The van der Waals surface area contributed by atoms with Gasteiger partial charge in [-0.1, -0.05) is 71.6 Å². The van der Waals surface area contributed by atoms with E-state index in [4.69, 9.17) is 14.2 Å². The summed E-state index contributed by atoms with van der Waals surface area (Å²) in [6.45, 7) is 10.2. The Bertz CT molecular complexity index is 455. The number of hydrogen-bond acceptors (Lipinski definition) is 6. The van der Waals surface area contributed by atoms with Gasteiger partial charge in [0.25, 0.3) is 0 Å². The Morgan fingerprint density at radius 1 is 0.781 bits per heavy atom. The minimum absolute atomic E-state index is 0.130. The summed E-state index contributed by atoms with van der Waals surface area (Å²) in [7, 11) is 2.04. The van der Waals surface area contributed by atoms with Crippen LogP contribution in [0, 0.1) is 0 Å². The number of carbonyl (C=O) groups excluding carboxylic acids is 2. The fraction of sp³-hybridized carbons (Fsp3) is 0.923. The van der Waals surface area contributed by atoms with Crippen molar-refractivity contribution in [2.45, 2.75) is 130 Å². The maximum atomic E-state index is 12.1. The molecule has 1 unspecified atom stereocenters. The zero-order valence-electron chi connectivity index (χ0n) is 21.7. The lowest BCUT2D eigenvalue weighted by molar-refractivity contribution is -0.148. The Hall–Kier alpha value is -1.30. The van der Waals surface area contributed by atoms with Crippen molar-refractivity contribution >= 4 is 12.1 Å². The smallest absolute Gasteiger partial charge is 0.463 e. The van der Waals surface area contributed by atoms with Gasteiger partial charge in [-0.15, -0.1) is 0 Å². The summed E-state index contributed by atoms with van der Waals surface area (Å²) in [5, 5.41) is 0. The van der Waals surface area contributed by atoms with E-state index in [-0.39, 0.29) is 24.6 Å². The fourth-order valence-electron chi connectivity index (χ4n) is 3.54. The lowest BCUT2D eigenvalue weighted by atomic mass is 10.0. The second kappa shape index (κ2) is 21.5. The Morgan fingerprint density at radius 3 is 1.94 bits per heavy atom. The predicted octanol–water partition coefficient (Wildman–Crippen LogP) is 6.89. The monoisotopic (exact) mass is 457 g/mol. The molecule has 0 aromatic carbocycles. The number of unbranched alkanes of at least 4 members (excludes halogenated alkanes) is 9. The number of carbonyl (C=O) groups is 2. The summed E-state index contributed by atoms with van der Waals surface area (Å²) in [6.07, 6.45) is 13.8. The highest BCUT2D eigenvalue weighted by Gasteiger charge is 2.18.